The normalized spacial score (nSPS) is 15.6. The Labute approximate surface area is 173 Å². The number of carbonyl (C=O) groups excluding carboxylic acids is 1. The number of aromatic nitrogens is 1. The fourth-order valence-electron chi connectivity index (χ4n) is 3.42. The Morgan fingerprint density at radius 1 is 1.21 bits per heavy atom. The minimum absolute atomic E-state index is 0.113. The largest absolute Gasteiger partial charge is 0.431 e. The van der Waals surface area contributed by atoms with Crippen LogP contribution in [0.4, 0.5) is 4.79 Å². The highest BCUT2D eigenvalue weighted by Crippen LogP contribution is 2.31. The molecule has 0 radical (unpaired) electrons. The van der Waals surface area contributed by atoms with Crippen molar-refractivity contribution in [3.8, 4) is 10.9 Å². The van der Waals surface area contributed by atoms with Gasteiger partial charge in [-0.05, 0) is 42.7 Å². The third-order valence-corrected chi connectivity index (χ3v) is 6.38. The van der Waals surface area contributed by atoms with Crippen molar-refractivity contribution in [1.29, 1.82) is 0 Å². The summed E-state index contributed by atoms with van der Waals surface area (Å²) < 4.78 is 8.38. The van der Waals surface area contributed by atoms with Gasteiger partial charge in [-0.1, -0.05) is 48.4 Å². The smallest absolute Gasteiger partial charge is 0.324 e. The molecule has 0 spiro atoms. The standard InChI is InChI=1S/C20H22N4O2S2/c21-19(25)24(27)15-9-11-23(12-10-15)13-14-5-7-16(8-6-14)26-20-22-17-3-1-2-4-18(17)28-20/h1-8,15,27H,9-13H2,(H2,21,25). The summed E-state index contributed by atoms with van der Waals surface area (Å²) in [5.74, 6) is 0.786. The summed E-state index contributed by atoms with van der Waals surface area (Å²) >= 11 is 5.73. The van der Waals surface area contributed by atoms with Crippen LogP contribution in [0.3, 0.4) is 0 Å². The third kappa shape index (κ3) is 4.40. The summed E-state index contributed by atoms with van der Waals surface area (Å²) in [6.45, 7) is 2.70. The van der Waals surface area contributed by atoms with Gasteiger partial charge in [-0.25, -0.2) is 9.78 Å². The molecule has 2 N–H and O–H groups in total. The second-order valence-corrected chi connectivity index (χ2v) is 8.31. The molecule has 1 aliphatic rings. The Hall–Kier alpha value is -2.29. The summed E-state index contributed by atoms with van der Waals surface area (Å²) in [7, 11) is 0. The quantitative estimate of drug-likeness (QED) is 0.612. The van der Waals surface area contributed by atoms with Crippen molar-refractivity contribution in [2.75, 3.05) is 13.1 Å². The number of thiol groups is 1. The Morgan fingerprint density at radius 3 is 2.61 bits per heavy atom. The van der Waals surface area contributed by atoms with E-state index in [1.165, 1.54) is 9.87 Å². The van der Waals surface area contributed by atoms with Gasteiger partial charge in [0.1, 0.15) is 5.75 Å². The lowest BCUT2D eigenvalue weighted by molar-refractivity contribution is 0.162. The maximum atomic E-state index is 11.2. The molecule has 1 saturated heterocycles. The predicted molar refractivity (Wildman–Crippen MR) is 115 cm³/mol. The molecule has 2 amide bonds. The van der Waals surface area contributed by atoms with Gasteiger partial charge in [0.05, 0.1) is 10.2 Å². The Balaban J connectivity index is 1.32. The van der Waals surface area contributed by atoms with Crippen LogP contribution in [0, 0.1) is 0 Å². The van der Waals surface area contributed by atoms with Gasteiger partial charge in [-0.3, -0.25) is 9.21 Å². The highest BCUT2D eigenvalue weighted by molar-refractivity contribution is 7.78. The number of piperidine rings is 1. The molecule has 2 aromatic carbocycles. The summed E-state index contributed by atoms with van der Waals surface area (Å²) in [6, 6.07) is 15.8. The van der Waals surface area contributed by atoms with Gasteiger partial charge >= 0.3 is 6.03 Å². The van der Waals surface area contributed by atoms with Crippen molar-refractivity contribution in [1.82, 2.24) is 14.2 Å². The van der Waals surface area contributed by atoms with E-state index in [-0.39, 0.29) is 6.04 Å². The van der Waals surface area contributed by atoms with E-state index in [0.29, 0.717) is 5.19 Å². The van der Waals surface area contributed by atoms with Crippen LogP contribution in [-0.2, 0) is 6.54 Å². The van der Waals surface area contributed by atoms with Gasteiger partial charge in [0.2, 0.25) is 0 Å². The Morgan fingerprint density at radius 2 is 1.93 bits per heavy atom. The molecule has 0 bridgehead atoms. The number of nitrogens with zero attached hydrogens (tertiary/aromatic N) is 3. The van der Waals surface area contributed by atoms with Gasteiger partial charge in [0, 0.05) is 25.7 Å². The molecule has 1 aliphatic heterocycles. The number of carbonyl (C=O) groups is 1. The molecule has 146 valence electrons. The lowest BCUT2D eigenvalue weighted by atomic mass is 10.0. The number of hydrogen-bond donors (Lipinski definition) is 2. The zero-order valence-corrected chi connectivity index (χ0v) is 17.0. The third-order valence-electron chi connectivity index (χ3n) is 4.94. The van der Waals surface area contributed by atoms with Crippen molar-refractivity contribution in [2.24, 2.45) is 5.73 Å². The number of hydrogen-bond acceptors (Lipinski definition) is 6. The lowest BCUT2D eigenvalue weighted by Crippen LogP contribution is -2.44. The van der Waals surface area contributed by atoms with Crippen LogP contribution in [0.15, 0.2) is 48.5 Å². The number of benzene rings is 2. The SMILES string of the molecule is NC(=O)N(S)C1CCN(Cc2ccc(Oc3nc4ccccc4s3)cc2)CC1. The monoisotopic (exact) mass is 414 g/mol. The van der Waals surface area contributed by atoms with Crippen molar-refractivity contribution < 1.29 is 9.53 Å². The second-order valence-electron chi connectivity index (χ2n) is 6.88. The van der Waals surface area contributed by atoms with Crippen molar-refractivity contribution >= 4 is 40.4 Å². The highest BCUT2D eigenvalue weighted by Gasteiger charge is 2.24. The van der Waals surface area contributed by atoms with E-state index in [1.54, 1.807) is 11.3 Å². The van der Waals surface area contributed by atoms with E-state index in [9.17, 15) is 4.79 Å². The highest BCUT2D eigenvalue weighted by atomic mass is 32.1. The zero-order valence-electron chi connectivity index (χ0n) is 15.3. The summed E-state index contributed by atoms with van der Waals surface area (Å²) in [5, 5.41) is 0.654. The molecule has 8 heteroatoms. The minimum atomic E-state index is -0.481. The Kier molecular flexibility index (Phi) is 5.70. The molecule has 0 aliphatic carbocycles. The number of nitrogens with two attached hydrogens (primary N) is 1. The van der Waals surface area contributed by atoms with Crippen molar-refractivity contribution in [3.63, 3.8) is 0 Å². The van der Waals surface area contributed by atoms with Crippen LogP contribution in [0.5, 0.6) is 10.9 Å². The van der Waals surface area contributed by atoms with Crippen molar-refractivity contribution in [3.05, 3.63) is 54.1 Å². The van der Waals surface area contributed by atoms with Crippen molar-refractivity contribution in [2.45, 2.75) is 25.4 Å². The number of amides is 2. The molecule has 28 heavy (non-hydrogen) atoms. The summed E-state index contributed by atoms with van der Waals surface area (Å²) in [4.78, 5) is 18.1. The van der Waals surface area contributed by atoms with E-state index in [0.717, 1.165) is 48.4 Å². The molecule has 0 saturated carbocycles. The molecule has 2 heterocycles. The number of urea groups is 1. The first kappa shape index (κ1) is 19.0. The number of para-hydroxylation sites is 1. The van der Waals surface area contributed by atoms with Gasteiger partial charge in [0.15, 0.2) is 0 Å². The maximum Gasteiger partial charge on any atom is 0.324 e. The van der Waals surface area contributed by atoms with Gasteiger partial charge in [-0.2, -0.15) is 0 Å². The average Bonchev–Trinajstić information content (AvgIpc) is 3.12. The number of thiazole rings is 1. The maximum absolute atomic E-state index is 11.2. The molecule has 6 nitrogen and oxygen atoms in total. The summed E-state index contributed by atoms with van der Waals surface area (Å²) in [6.07, 6.45) is 1.76. The van der Waals surface area contributed by atoms with Crippen LogP contribution in [0.25, 0.3) is 10.2 Å². The van der Waals surface area contributed by atoms with Crippen LogP contribution in [0.1, 0.15) is 18.4 Å². The lowest BCUT2D eigenvalue weighted by Gasteiger charge is -2.35. The van der Waals surface area contributed by atoms with E-state index >= 15 is 0 Å². The van der Waals surface area contributed by atoms with Gasteiger partial charge < -0.3 is 10.5 Å². The van der Waals surface area contributed by atoms with Gasteiger partial charge in [-0.15, -0.1) is 0 Å². The van der Waals surface area contributed by atoms with Crippen LogP contribution >= 0.6 is 24.2 Å². The molecule has 1 aromatic heterocycles. The number of ether oxygens (including phenoxy) is 1. The van der Waals surface area contributed by atoms with Gasteiger partial charge in [0.25, 0.3) is 5.19 Å². The molecule has 1 fully saturated rings. The first-order chi connectivity index (χ1) is 13.6. The fourth-order valence-corrected chi connectivity index (χ4v) is 4.48. The molecule has 0 unspecified atom stereocenters. The topological polar surface area (TPSA) is 71.7 Å². The van der Waals surface area contributed by atoms with E-state index < -0.39 is 6.03 Å². The summed E-state index contributed by atoms with van der Waals surface area (Å²) in [5.41, 5.74) is 7.48. The van der Waals surface area contributed by atoms with E-state index in [4.69, 9.17) is 10.5 Å². The first-order valence-electron chi connectivity index (χ1n) is 9.21. The number of rotatable bonds is 5. The van der Waals surface area contributed by atoms with E-state index in [2.05, 4.69) is 34.8 Å². The van der Waals surface area contributed by atoms with Crippen LogP contribution < -0.4 is 10.5 Å². The predicted octanol–water partition coefficient (Wildman–Crippen LogP) is 4.28. The first-order valence-corrected chi connectivity index (χ1v) is 10.4. The minimum Gasteiger partial charge on any atom is -0.431 e. The van der Waals surface area contributed by atoms with E-state index in [1.807, 2.05) is 36.4 Å². The average molecular weight is 415 g/mol. The Bertz CT molecular complexity index is 919. The second kappa shape index (κ2) is 8.38. The van der Waals surface area contributed by atoms with Crippen LogP contribution in [-0.4, -0.2) is 39.4 Å². The molecular weight excluding hydrogens is 392 g/mol. The number of likely N-dealkylation sites (tertiary alicyclic amines) is 1. The fraction of sp³-hybridized carbons (Fsp3) is 0.300. The molecular formula is C20H22N4O2S2. The van der Waals surface area contributed by atoms with Crippen LogP contribution in [0.2, 0.25) is 0 Å². The molecule has 3 aromatic rings. The molecule has 0 atom stereocenters. The molecule has 4 rings (SSSR count). The zero-order chi connectivity index (χ0) is 19.5. The number of fused-ring (bicyclic) bond motifs is 1. The number of primary amides is 1.